The molecule has 0 amide bonds. The first-order valence-electron chi connectivity index (χ1n) is 6.90. The second-order valence-electron chi connectivity index (χ2n) is 4.73. The average molecular weight is 283 g/mol. The van der Waals surface area contributed by atoms with Gasteiger partial charge >= 0.3 is 5.97 Å². The summed E-state index contributed by atoms with van der Waals surface area (Å²) in [5.74, 6) is -0.827. The molecule has 1 N–H and O–H groups in total. The molecule has 0 radical (unpaired) electrons. The molecule has 0 saturated heterocycles. The number of anilines is 1. The number of carboxylic acid groups (broad SMARTS) is 1. The number of benzene rings is 1. The van der Waals surface area contributed by atoms with E-state index in [1.165, 1.54) is 0 Å². The largest absolute Gasteiger partial charge is 0.480 e. The quantitative estimate of drug-likeness (QED) is 0.913. The Bertz CT molecular complexity index is 706. The molecule has 0 spiro atoms. The smallest absolute Gasteiger partial charge is 0.326 e. The van der Waals surface area contributed by atoms with Gasteiger partial charge in [-0.25, -0.2) is 9.78 Å². The van der Waals surface area contributed by atoms with Gasteiger partial charge in [0.05, 0.1) is 0 Å². The van der Waals surface area contributed by atoms with Gasteiger partial charge < -0.3 is 10.0 Å². The normalized spacial score (nSPS) is 11.9. The minimum absolute atomic E-state index is 0.382. The molecular weight excluding hydrogens is 266 g/mol. The number of hydrogen-bond acceptors (Lipinski definition) is 4. The van der Waals surface area contributed by atoms with Crippen LogP contribution in [0.25, 0.3) is 10.8 Å². The highest BCUT2D eigenvalue weighted by Crippen LogP contribution is 2.25. The van der Waals surface area contributed by atoms with E-state index in [0.717, 1.165) is 16.5 Å². The molecule has 1 unspecified atom stereocenters. The molecule has 1 aromatic carbocycles. The van der Waals surface area contributed by atoms with Crippen molar-refractivity contribution in [2.45, 2.75) is 26.3 Å². The zero-order chi connectivity index (χ0) is 15.4. The number of carboxylic acids is 1. The number of carbonyl (C=O) groups is 1. The molecule has 2 aromatic rings. The number of nitriles is 1. The minimum Gasteiger partial charge on any atom is -0.480 e. The molecule has 1 aromatic heterocycles. The zero-order valence-corrected chi connectivity index (χ0v) is 12.1. The summed E-state index contributed by atoms with van der Waals surface area (Å²) in [6.07, 6.45) is 2.12. The lowest BCUT2D eigenvalue weighted by molar-refractivity contribution is -0.138. The van der Waals surface area contributed by atoms with Crippen LogP contribution in [0, 0.1) is 11.3 Å². The number of aliphatic carboxylic acids is 1. The van der Waals surface area contributed by atoms with Gasteiger partial charge in [0.25, 0.3) is 0 Å². The fraction of sp³-hybridized carbons (Fsp3) is 0.312. The second kappa shape index (κ2) is 6.23. The number of aromatic nitrogens is 1. The van der Waals surface area contributed by atoms with E-state index >= 15 is 0 Å². The fourth-order valence-corrected chi connectivity index (χ4v) is 2.54. The van der Waals surface area contributed by atoms with Crippen LogP contribution >= 0.6 is 0 Å². The van der Waals surface area contributed by atoms with E-state index in [1.54, 1.807) is 6.20 Å². The van der Waals surface area contributed by atoms with Crippen molar-refractivity contribution in [1.82, 2.24) is 4.98 Å². The summed E-state index contributed by atoms with van der Waals surface area (Å²) in [7, 11) is 0. The Morgan fingerprint density at radius 2 is 2.19 bits per heavy atom. The SMILES string of the molecule is CCC(C(=O)O)N(CC)c1ccc2c(C#N)nccc2c1. The van der Waals surface area contributed by atoms with Crippen LogP contribution in [0.2, 0.25) is 0 Å². The van der Waals surface area contributed by atoms with Crippen molar-refractivity contribution in [3.8, 4) is 6.07 Å². The zero-order valence-electron chi connectivity index (χ0n) is 12.1. The first kappa shape index (κ1) is 14.8. The number of pyridine rings is 1. The van der Waals surface area contributed by atoms with Crippen molar-refractivity contribution in [2.24, 2.45) is 0 Å². The number of nitrogens with zero attached hydrogens (tertiary/aromatic N) is 3. The van der Waals surface area contributed by atoms with Crippen LogP contribution in [0.4, 0.5) is 5.69 Å². The van der Waals surface area contributed by atoms with E-state index in [9.17, 15) is 9.90 Å². The monoisotopic (exact) mass is 283 g/mol. The molecule has 0 aliphatic heterocycles. The molecule has 0 saturated carbocycles. The van der Waals surface area contributed by atoms with Crippen LogP contribution in [-0.2, 0) is 4.79 Å². The molecule has 21 heavy (non-hydrogen) atoms. The highest BCUT2D eigenvalue weighted by molar-refractivity contribution is 5.90. The third-order valence-corrected chi connectivity index (χ3v) is 3.57. The van der Waals surface area contributed by atoms with Crippen molar-refractivity contribution in [3.05, 3.63) is 36.2 Å². The lowest BCUT2D eigenvalue weighted by atomic mass is 10.1. The Balaban J connectivity index is 2.51. The standard InChI is InChI=1S/C16H17N3O2/c1-3-15(16(20)21)19(4-2)12-5-6-13-11(9-12)7-8-18-14(13)10-17/h5-9,15H,3-4H2,1-2H3,(H,20,21). The minimum atomic E-state index is -0.827. The van der Waals surface area contributed by atoms with Gasteiger partial charge in [0.2, 0.25) is 0 Å². The van der Waals surface area contributed by atoms with E-state index in [1.807, 2.05) is 43.0 Å². The molecular formula is C16H17N3O2. The van der Waals surface area contributed by atoms with Crippen LogP contribution in [0.5, 0.6) is 0 Å². The number of likely N-dealkylation sites (N-methyl/N-ethyl adjacent to an activating group) is 1. The van der Waals surface area contributed by atoms with Gasteiger partial charge in [-0.2, -0.15) is 5.26 Å². The Labute approximate surface area is 123 Å². The molecule has 1 atom stereocenters. The summed E-state index contributed by atoms with van der Waals surface area (Å²) in [6.45, 7) is 4.40. The van der Waals surface area contributed by atoms with Gasteiger partial charge in [0.15, 0.2) is 0 Å². The maximum absolute atomic E-state index is 11.4. The highest BCUT2D eigenvalue weighted by Gasteiger charge is 2.23. The first-order valence-corrected chi connectivity index (χ1v) is 6.90. The van der Waals surface area contributed by atoms with Crippen molar-refractivity contribution in [2.75, 3.05) is 11.4 Å². The van der Waals surface area contributed by atoms with Gasteiger partial charge in [-0.05, 0) is 43.0 Å². The third kappa shape index (κ3) is 2.79. The van der Waals surface area contributed by atoms with Gasteiger partial charge in [-0.15, -0.1) is 0 Å². The van der Waals surface area contributed by atoms with Crippen LogP contribution in [0.3, 0.4) is 0 Å². The van der Waals surface area contributed by atoms with Crippen molar-refractivity contribution < 1.29 is 9.90 Å². The van der Waals surface area contributed by atoms with Gasteiger partial charge in [-0.3, -0.25) is 0 Å². The molecule has 1 heterocycles. The summed E-state index contributed by atoms with van der Waals surface area (Å²) in [6, 6.07) is 8.93. The summed E-state index contributed by atoms with van der Waals surface area (Å²) >= 11 is 0. The number of hydrogen-bond donors (Lipinski definition) is 1. The lowest BCUT2D eigenvalue weighted by Crippen LogP contribution is -2.40. The Hall–Kier alpha value is -2.61. The van der Waals surface area contributed by atoms with Crippen LogP contribution in [0.1, 0.15) is 26.0 Å². The average Bonchev–Trinajstić information content (AvgIpc) is 2.50. The van der Waals surface area contributed by atoms with E-state index < -0.39 is 12.0 Å². The molecule has 0 bridgehead atoms. The van der Waals surface area contributed by atoms with E-state index in [-0.39, 0.29) is 0 Å². The van der Waals surface area contributed by atoms with Crippen molar-refractivity contribution in [1.29, 1.82) is 5.26 Å². The highest BCUT2D eigenvalue weighted by atomic mass is 16.4. The predicted octanol–water partition coefficient (Wildman–Crippen LogP) is 2.80. The molecule has 2 rings (SSSR count). The Kier molecular flexibility index (Phi) is 4.39. The summed E-state index contributed by atoms with van der Waals surface area (Å²) < 4.78 is 0. The van der Waals surface area contributed by atoms with Crippen molar-refractivity contribution >= 4 is 22.4 Å². The third-order valence-electron chi connectivity index (χ3n) is 3.57. The second-order valence-corrected chi connectivity index (χ2v) is 4.73. The van der Waals surface area contributed by atoms with Crippen LogP contribution in [-0.4, -0.2) is 28.6 Å². The predicted molar refractivity (Wildman–Crippen MR) is 81.2 cm³/mol. The molecule has 0 fully saturated rings. The van der Waals surface area contributed by atoms with Crippen LogP contribution in [0.15, 0.2) is 30.5 Å². The van der Waals surface area contributed by atoms with Gasteiger partial charge in [-0.1, -0.05) is 6.92 Å². The Morgan fingerprint density at radius 1 is 1.43 bits per heavy atom. The number of fused-ring (bicyclic) bond motifs is 1. The fourth-order valence-electron chi connectivity index (χ4n) is 2.54. The maximum atomic E-state index is 11.4. The molecule has 108 valence electrons. The Morgan fingerprint density at radius 3 is 2.76 bits per heavy atom. The van der Waals surface area contributed by atoms with E-state index in [0.29, 0.717) is 18.7 Å². The molecule has 5 nitrogen and oxygen atoms in total. The molecule has 0 aliphatic carbocycles. The molecule has 0 aliphatic rings. The summed E-state index contributed by atoms with van der Waals surface area (Å²) in [5.41, 5.74) is 1.22. The lowest BCUT2D eigenvalue weighted by Gasteiger charge is -2.29. The summed E-state index contributed by atoms with van der Waals surface area (Å²) in [5, 5.41) is 20.1. The maximum Gasteiger partial charge on any atom is 0.326 e. The first-order chi connectivity index (χ1) is 10.1. The number of rotatable bonds is 5. The van der Waals surface area contributed by atoms with Gasteiger partial charge in [0.1, 0.15) is 17.8 Å². The van der Waals surface area contributed by atoms with Crippen LogP contribution < -0.4 is 4.90 Å². The van der Waals surface area contributed by atoms with Crippen molar-refractivity contribution in [3.63, 3.8) is 0 Å². The van der Waals surface area contributed by atoms with E-state index in [2.05, 4.69) is 11.1 Å². The topological polar surface area (TPSA) is 77.2 Å². The summed E-state index contributed by atoms with van der Waals surface area (Å²) in [4.78, 5) is 17.3. The van der Waals surface area contributed by atoms with E-state index in [4.69, 9.17) is 5.26 Å². The van der Waals surface area contributed by atoms with Gasteiger partial charge in [0, 0.05) is 23.8 Å². The molecule has 5 heteroatoms.